The predicted octanol–water partition coefficient (Wildman–Crippen LogP) is 6.53. The van der Waals surface area contributed by atoms with Crippen LogP contribution in [0.15, 0.2) is 83.0 Å². The lowest BCUT2D eigenvalue weighted by molar-refractivity contribution is -0.137. The van der Waals surface area contributed by atoms with Gasteiger partial charge in [-0.05, 0) is 60.7 Å². The summed E-state index contributed by atoms with van der Waals surface area (Å²) >= 11 is 1.39. The number of amides is 2. The molecule has 12 heteroatoms. The second kappa shape index (κ2) is 10.6. The fourth-order valence-corrected chi connectivity index (χ4v) is 4.02. The predicted molar refractivity (Wildman–Crippen MR) is 129 cm³/mol. The van der Waals surface area contributed by atoms with E-state index in [1.807, 2.05) is 12.1 Å². The highest BCUT2D eigenvalue weighted by molar-refractivity contribution is 7.99. The van der Waals surface area contributed by atoms with Gasteiger partial charge in [-0.1, -0.05) is 11.8 Å². The van der Waals surface area contributed by atoms with E-state index in [0.29, 0.717) is 34.5 Å². The largest absolute Gasteiger partial charge is 0.416 e. The highest BCUT2D eigenvalue weighted by Crippen LogP contribution is 2.34. The number of halogens is 4. The topological polar surface area (TPSA) is 91.8 Å². The van der Waals surface area contributed by atoms with Crippen LogP contribution >= 0.6 is 11.8 Å². The molecule has 0 spiro atoms. The van der Waals surface area contributed by atoms with Crippen LogP contribution < -0.4 is 16.0 Å². The molecule has 0 atom stereocenters. The van der Waals surface area contributed by atoms with Crippen molar-refractivity contribution in [3.8, 4) is 11.3 Å². The van der Waals surface area contributed by atoms with Gasteiger partial charge < -0.3 is 16.0 Å². The van der Waals surface area contributed by atoms with Crippen LogP contribution in [0.3, 0.4) is 0 Å². The molecule has 2 aromatic heterocycles. The van der Waals surface area contributed by atoms with Crippen molar-refractivity contribution in [2.45, 2.75) is 16.1 Å². The third-order valence-electron chi connectivity index (χ3n) is 4.74. The van der Waals surface area contributed by atoms with Crippen LogP contribution in [-0.4, -0.2) is 28.0 Å². The zero-order valence-corrected chi connectivity index (χ0v) is 19.4. The van der Waals surface area contributed by atoms with Crippen LogP contribution in [0.4, 0.5) is 39.7 Å². The van der Waals surface area contributed by atoms with Crippen molar-refractivity contribution in [3.63, 3.8) is 0 Å². The van der Waals surface area contributed by atoms with E-state index >= 15 is 0 Å². The zero-order chi connectivity index (χ0) is 25.7. The minimum absolute atomic E-state index is 0.319. The summed E-state index contributed by atoms with van der Waals surface area (Å²) in [6, 6.07) is 13.2. The van der Waals surface area contributed by atoms with Gasteiger partial charge in [0.05, 0.1) is 11.3 Å². The Labute approximate surface area is 207 Å². The van der Waals surface area contributed by atoms with Gasteiger partial charge in [0.25, 0.3) is 0 Å². The fourth-order valence-electron chi connectivity index (χ4n) is 3.13. The van der Waals surface area contributed by atoms with E-state index in [2.05, 4.69) is 30.9 Å². The molecule has 0 radical (unpaired) electrons. The minimum atomic E-state index is -4.74. The first-order valence-electron chi connectivity index (χ1n) is 10.4. The van der Waals surface area contributed by atoms with Gasteiger partial charge >= 0.3 is 12.2 Å². The Morgan fingerprint density at radius 2 is 1.67 bits per heavy atom. The lowest BCUT2D eigenvalue weighted by Crippen LogP contribution is -2.20. The monoisotopic (exact) mass is 514 g/mol. The van der Waals surface area contributed by atoms with Gasteiger partial charge in [-0.15, -0.1) is 0 Å². The number of urea groups is 1. The second-order valence-corrected chi connectivity index (χ2v) is 8.37. The maximum absolute atomic E-state index is 13.5. The van der Waals surface area contributed by atoms with Crippen LogP contribution in [0.2, 0.25) is 0 Å². The molecule has 0 fully saturated rings. The number of nitrogens with zero attached hydrogens (tertiary/aromatic N) is 3. The van der Waals surface area contributed by atoms with E-state index in [1.165, 1.54) is 11.8 Å². The van der Waals surface area contributed by atoms with Gasteiger partial charge in [-0.2, -0.15) is 13.2 Å². The summed E-state index contributed by atoms with van der Waals surface area (Å²) in [6.45, 7) is 0. The van der Waals surface area contributed by atoms with Gasteiger partial charge in [0.1, 0.15) is 10.8 Å². The Hall–Kier alpha value is -4.19. The molecule has 0 aliphatic carbocycles. The summed E-state index contributed by atoms with van der Waals surface area (Å²) in [7, 11) is 1.73. The summed E-state index contributed by atoms with van der Waals surface area (Å²) < 4.78 is 52.2. The molecule has 2 aromatic carbocycles. The van der Waals surface area contributed by atoms with E-state index in [0.717, 1.165) is 16.5 Å². The SMILES string of the molecule is CNc1nccc(-c2cccnc2Sc2ccc(NC(=O)Nc3cc(F)cc(C(F)(F)F)c3)cc2)n1. The molecule has 184 valence electrons. The molecular weight excluding hydrogens is 496 g/mol. The summed E-state index contributed by atoms with van der Waals surface area (Å²) in [5, 5.41) is 8.33. The lowest BCUT2D eigenvalue weighted by Gasteiger charge is -2.12. The molecule has 0 saturated heterocycles. The van der Waals surface area contributed by atoms with Crippen molar-refractivity contribution in [2.75, 3.05) is 23.0 Å². The van der Waals surface area contributed by atoms with Crippen LogP contribution in [0.25, 0.3) is 11.3 Å². The van der Waals surface area contributed by atoms with Crippen LogP contribution in [0, 0.1) is 5.82 Å². The maximum Gasteiger partial charge on any atom is 0.416 e. The first kappa shape index (κ1) is 24.9. The van der Waals surface area contributed by atoms with Gasteiger partial charge in [0.15, 0.2) is 0 Å². The standard InChI is InChI=1S/C24H18F4N6OS/c1-29-22-31-10-8-20(34-22)19-3-2-9-30-21(19)36-18-6-4-16(5-7-18)32-23(35)33-17-12-14(24(26,27)28)11-15(25)13-17/h2-13H,1H3,(H,29,31,34)(H2,32,33,35). The number of carbonyl (C=O) groups excluding carboxylic acids is 1. The number of aromatic nitrogens is 3. The average Bonchev–Trinajstić information content (AvgIpc) is 2.84. The van der Waals surface area contributed by atoms with Crippen molar-refractivity contribution in [1.82, 2.24) is 15.0 Å². The molecule has 4 aromatic rings. The Morgan fingerprint density at radius 1 is 0.917 bits per heavy atom. The Bertz CT molecular complexity index is 1380. The quantitative estimate of drug-likeness (QED) is 0.253. The molecule has 4 rings (SSSR count). The van der Waals surface area contributed by atoms with Crippen molar-refractivity contribution >= 4 is 35.1 Å². The molecule has 2 amide bonds. The summed E-state index contributed by atoms with van der Waals surface area (Å²) in [6.07, 6.45) is -1.42. The summed E-state index contributed by atoms with van der Waals surface area (Å²) in [4.78, 5) is 26.1. The van der Waals surface area contributed by atoms with Gasteiger partial charge in [-0.3, -0.25) is 0 Å². The van der Waals surface area contributed by atoms with E-state index < -0.39 is 23.6 Å². The average molecular weight is 515 g/mol. The smallest absolute Gasteiger partial charge is 0.357 e. The number of pyridine rings is 1. The minimum Gasteiger partial charge on any atom is -0.357 e. The lowest BCUT2D eigenvalue weighted by atomic mass is 10.2. The number of nitrogens with one attached hydrogen (secondary N) is 3. The number of hydrogen-bond acceptors (Lipinski definition) is 6. The summed E-state index contributed by atoms with van der Waals surface area (Å²) in [5.74, 6) is -0.631. The molecular formula is C24H18F4N6OS. The van der Waals surface area contributed by atoms with Gasteiger partial charge in [0, 0.05) is 41.3 Å². The highest BCUT2D eigenvalue weighted by atomic mass is 32.2. The second-order valence-electron chi connectivity index (χ2n) is 7.30. The molecule has 2 heterocycles. The normalized spacial score (nSPS) is 11.1. The van der Waals surface area contributed by atoms with Crippen LogP contribution in [0.1, 0.15) is 5.56 Å². The molecule has 0 saturated carbocycles. The molecule has 36 heavy (non-hydrogen) atoms. The number of carbonyl (C=O) groups is 1. The van der Waals surface area contributed by atoms with Crippen LogP contribution in [0.5, 0.6) is 0 Å². The number of rotatable bonds is 6. The molecule has 3 N–H and O–H groups in total. The van der Waals surface area contributed by atoms with Gasteiger partial charge in [0.2, 0.25) is 5.95 Å². The summed E-state index contributed by atoms with van der Waals surface area (Å²) in [5.41, 5.74) is 0.389. The zero-order valence-electron chi connectivity index (χ0n) is 18.6. The van der Waals surface area contributed by atoms with Crippen LogP contribution in [-0.2, 0) is 6.18 Å². The van der Waals surface area contributed by atoms with Crippen molar-refractivity contribution in [1.29, 1.82) is 0 Å². The van der Waals surface area contributed by atoms with Gasteiger partial charge in [-0.25, -0.2) is 24.1 Å². The Balaban J connectivity index is 1.44. The molecule has 0 aliphatic rings. The maximum atomic E-state index is 13.5. The molecule has 0 unspecified atom stereocenters. The highest BCUT2D eigenvalue weighted by Gasteiger charge is 2.31. The number of hydrogen-bond donors (Lipinski definition) is 3. The Kier molecular flexibility index (Phi) is 7.34. The third kappa shape index (κ3) is 6.27. The molecule has 7 nitrogen and oxygen atoms in total. The first-order chi connectivity index (χ1) is 17.2. The van der Waals surface area contributed by atoms with E-state index in [9.17, 15) is 22.4 Å². The fraction of sp³-hybridized carbons (Fsp3) is 0.0833. The molecule has 0 bridgehead atoms. The third-order valence-corrected chi connectivity index (χ3v) is 5.76. The van der Waals surface area contributed by atoms with E-state index in [4.69, 9.17) is 0 Å². The van der Waals surface area contributed by atoms with E-state index in [1.54, 1.807) is 49.8 Å². The number of alkyl halides is 3. The van der Waals surface area contributed by atoms with Crippen molar-refractivity contribution in [3.05, 3.63) is 84.4 Å². The van der Waals surface area contributed by atoms with Crippen molar-refractivity contribution < 1.29 is 22.4 Å². The van der Waals surface area contributed by atoms with E-state index in [-0.39, 0.29) is 5.69 Å². The Morgan fingerprint density at radius 3 is 2.39 bits per heavy atom. The number of anilines is 3. The number of benzene rings is 2. The first-order valence-corrected chi connectivity index (χ1v) is 11.2. The van der Waals surface area contributed by atoms with Crippen molar-refractivity contribution in [2.24, 2.45) is 0 Å². The molecule has 0 aliphatic heterocycles.